The van der Waals surface area contributed by atoms with E-state index in [0.29, 0.717) is 17.1 Å². The van der Waals surface area contributed by atoms with E-state index in [2.05, 4.69) is 20.6 Å². The number of ether oxygens (including phenoxy) is 1. The van der Waals surface area contributed by atoms with Crippen molar-refractivity contribution >= 4 is 23.2 Å². The Kier molecular flexibility index (Phi) is 5.66. The van der Waals surface area contributed by atoms with Crippen molar-refractivity contribution in [3.63, 3.8) is 0 Å². The summed E-state index contributed by atoms with van der Waals surface area (Å²) < 4.78 is 5.12. The summed E-state index contributed by atoms with van der Waals surface area (Å²) in [4.78, 5) is 21.2. The molecule has 0 bridgehead atoms. The summed E-state index contributed by atoms with van der Waals surface area (Å²) >= 11 is 0. The first-order valence-electron chi connectivity index (χ1n) is 9.41. The van der Waals surface area contributed by atoms with Crippen LogP contribution in [0.4, 0.5) is 17.3 Å². The van der Waals surface area contributed by atoms with Crippen molar-refractivity contribution in [1.29, 1.82) is 0 Å². The van der Waals surface area contributed by atoms with Crippen molar-refractivity contribution in [3.8, 4) is 16.9 Å². The summed E-state index contributed by atoms with van der Waals surface area (Å²) in [5.74, 6) is 1.68. The van der Waals surface area contributed by atoms with Crippen LogP contribution in [0.1, 0.15) is 10.4 Å². The van der Waals surface area contributed by atoms with Crippen molar-refractivity contribution in [3.05, 3.63) is 96.8 Å². The molecule has 0 fully saturated rings. The van der Waals surface area contributed by atoms with E-state index in [0.717, 1.165) is 22.6 Å². The number of hydrogen-bond acceptors (Lipinski definition) is 5. The first kappa shape index (κ1) is 19.1. The maximum Gasteiger partial charge on any atom is 0.256 e. The van der Waals surface area contributed by atoms with Crippen LogP contribution in [0.25, 0.3) is 11.1 Å². The van der Waals surface area contributed by atoms with Crippen LogP contribution in [0.2, 0.25) is 0 Å². The van der Waals surface area contributed by atoms with Gasteiger partial charge in [-0.15, -0.1) is 0 Å². The Hall–Kier alpha value is -4.19. The molecule has 2 heterocycles. The van der Waals surface area contributed by atoms with Gasteiger partial charge in [0.05, 0.1) is 7.11 Å². The molecule has 0 saturated heterocycles. The number of pyridine rings is 2. The fourth-order valence-corrected chi connectivity index (χ4v) is 2.96. The van der Waals surface area contributed by atoms with Crippen LogP contribution >= 0.6 is 0 Å². The predicted octanol–water partition coefficient (Wildman–Crippen LogP) is 5.15. The van der Waals surface area contributed by atoms with E-state index in [4.69, 9.17) is 4.74 Å². The first-order chi connectivity index (χ1) is 14.7. The Morgan fingerprint density at radius 3 is 2.10 bits per heavy atom. The van der Waals surface area contributed by atoms with Gasteiger partial charge in [-0.1, -0.05) is 18.2 Å². The number of para-hydroxylation sites is 1. The highest BCUT2D eigenvalue weighted by atomic mass is 16.5. The Bertz CT molecular complexity index is 1150. The second-order valence-corrected chi connectivity index (χ2v) is 6.53. The number of nitrogens with zero attached hydrogens (tertiary/aromatic N) is 2. The average molecular weight is 396 g/mol. The number of nitrogens with one attached hydrogen (secondary N) is 2. The van der Waals surface area contributed by atoms with Crippen molar-refractivity contribution in [2.75, 3.05) is 17.7 Å². The number of methoxy groups -OCH3 is 1. The largest absolute Gasteiger partial charge is 0.497 e. The van der Waals surface area contributed by atoms with E-state index in [1.54, 1.807) is 43.8 Å². The molecule has 2 aromatic heterocycles. The van der Waals surface area contributed by atoms with Gasteiger partial charge in [-0.3, -0.25) is 4.79 Å². The van der Waals surface area contributed by atoms with Crippen molar-refractivity contribution in [2.45, 2.75) is 0 Å². The summed E-state index contributed by atoms with van der Waals surface area (Å²) in [5, 5.41) is 6.12. The molecule has 0 aliphatic heterocycles. The molecule has 0 aliphatic rings. The van der Waals surface area contributed by atoms with E-state index in [1.807, 2.05) is 54.6 Å². The van der Waals surface area contributed by atoms with Crippen LogP contribution < -0.4 is 15.4 Å². The fraction of sp³-hybridized carbons (Fsp3) is 0.0417. The Labute approximate surface area is 174 Å². The van der Waals surface area contributed by atoms with E-state index in [1.165, 1.54) is 0 Å². The monoisotopic (exact) mass is 396 g/mol. The number of aromatic nitrogens is 2. The molecular weight excluding hydrogens is 376 g/mol. The quantitative estimate of drug-likeness (QED) is 0.471. The number of benzene rings is 2. The molecule has 6 nitrogen and oxygen atoms in total. The summed E-state index contributed by atoms with van der Waals surface area (Å²) in [7, 11) is 1.59. The second kappa shape index (κ2) is 8.87. The standard InChI is InChI=1S/C24H20N4O2/c1-30-21-9-7-17(8-10-21)24(29)28-23-16-19(12-14-26-23)18-11-13-25-22(15-18)27-20-5-3-2-4-6-20/h2-16H,1H3,(H,25,27)(H,26,28,29). The van der Waals surface area contributed by atoms with Crippen LogP contribution in [0, 0.1) is 0 Å². The molecule has 0 atom stereocenters. The van der Waals surface area contributed by atoms with E-state index < -0.39 is 0 Å². The minimum absolute atomic E-state index is 0.233. The Balaban J connectivity index is 1.51. The van der Waals surface area contributed by atoms with E-state index in [9.17, 15) is 4.79 Å². The molecule has 4 aromatic rings. The number of hydrogen-bond donors (Lipinski definition) is 2. The van der Waals surface area contributed by atoms with Crippen LogP contribution in [0.3, 0.4) is 0 Å². The summed E-state index contributed by atoms with van der Waals surface area (Å²) in [5.41, 5.74) is 3.38. The van der Waals surface area contributed by atoms with Gasteiger partial charge in [0.15, 0.2) is 0 Å². The van der Waals surface area contributed by atoms with Crippen LogP contribution in [-0.2, 0) is 0 Å². The lowest BCUT2D eigenvalue weighted by Crippen LogP contribution is -2.12. The topological polar surface area (TPSA) is 76.1 Å². The molecule has 0 aliphatic carbocycles. The molecule has 2 N–H and O–H groups in total. The zero-order valence-electron chi connectivity index (χ0n) is 16.4. The summed E-state index contributed by atoms with van der Waals surface area (Å²) in [6.45, 7) is 0. The van der Waals surface area contributed by atoms with Gasteiger partial charge in [0.1, 0.15) is 17.4 Å². The van der Waals surface area contributed by atoms with Gasteiger partial charge in [-0.2, -0.15) is 0 Å². The van der Waals surface area contributed by atoms with Gasteiger partial charge < -0.3 is 15.4 Å². The first-order valence-corrected chi connectivity index (χ1v) is 9.41. The van der Waals surface area contributed by atoms with Gasteiger partial charge in [-0.25, -0.2) is 9.97 Å². The van der Waals surface area contributed by atoms with Crippen LogP contribution in [0.5, 0.6) is 5.75 Å². The molecule has 0 saturated carbocycles. The van der Waals surface area contributed by atoms with Gasteiger partial charge >= 0.3 is 0 Å². The maximum atomic E-state index is 12.5. The minimum Gasteiger partial charge on any atom is -0.497 e. The molecule has 0 spiro atoms. The Morgan fingerprint density at radius 1 is 0.800 bits per heavy atom. The third-order valence-corrected chi connectivity index (χ3v) is 4.49. The molecule has 0 unspecified atom stereocenters. The number of carbonyl (C=O) groups excluding carboxylic acids is 1. The number of carbonyl (C=O) groups is 1. The van der Waals surface area contributed by atoms with E-state index >= 15 is 0 Å². The second-order valence-electron chi connectivity index (χ2n) is 6.53. The van der Waals surface area contributed by atoms with Gasteiger partial charge in [0.2, 0.25) is 0 Å². The maximum absolute atomic E-state index is 12.5. The van der Waals surface area contributed by atoms with Crippen LogP contribution in [-0.4, -0.2) is 23.0 Å². The minimum atomic E-state index is -0.233. The summed E-state index contributed by atoms with van der Waals surface area (Å²) in [6.07, 6.45) is 3.42. The zero-order valence-corrected chi connectivity index (χ0v) is 16.4. The fourth-order valence-electron chi connectivity index (χ4n) is 2.96. The third kappa shape index (κ3) is 4.62. The number of rotatable bonds is 6. The smallest absolute Gasteiger partial charge is 0.256 e. The highest BCUT2D eigenvalue weighted by molar-refractivity contribution is 6.04. The van der Waals surface area contributed by atoms with E-state index in [-0.39, 0.29) is 5.91 Å². The average Bonchev–Trinajstić information content (AvgIpc) is 2.80. The highest BCUT2D eigenvalue weighted by Crippen LogP contribution is 2.24. The van der Waals surface area contributed by atoms with Gasteiger partial charge in [0, 0.05) is 23.6 Å². The van der Waals surface area contributed by atoms with Crippen molar-refractivity contribution in [2.24, 2.45) is 0 Å². The van der Waals surface area contributed by atoms with Gasteiger partial charge in [-0.05, 0) is 71.8 Å². The predicted molar refractivity (Wildman–Crippen MR) is 118 cm³/mol. The number of amides is 1. The molecule has 2 aromatic carbocycles. The molecule has 0 radical (unpaired) electrons. The summed E-state index contributed by atoms with van der Waals surface area (Å²) in [6, 6.07) is 24.4. The lowest BCUT2D eigenvalue weighted by Gasteiger charge is -2.09. The number of anilines is 3. The third-order valence-electron chi connectivity index (χ3n) is 4.49. The molecule has 6 heteroatoms. The van der Waals surface area contributed by atoms with Crippen molar-refractivity contribution in [1.82, 2.24) is 9.97 Å². The Morgan fingerprint density at radius 2 is 1.43 bits per heavy atom. The zero-order chi connectivity index (χ0) is 20.8. The highest BCUT2D eigenvalue weighted by Gasteiger charge is 2.09. The normalized spacial score (nSPS) is 10.3. The lowest BCUT2D eigenvalue weighted by atomic mass is 10.1. The van der Waals surface area contributed by atoms with Crippen molar-refractivity contribution < 1.29 is 9.53 Å². The molecule has 30 heavy (non-hydrogen) atoms. The molecule has 1 amide bonds. The molecular formula is C24H20N4O2. The molecule has 4 rings (SSSR count). The van der Waals surface area contributed by atoms with Gasteiger partial charge in [0.25, 0.3) is 5.91 Å². The van der Waals surface area contributed by atoms with Crippen LogP contribution in [0.15, 0.2) is 91.3 Å². The lowest BCUT2D eigenvalue weighted by molar-refractivity contribution is 0.102. The SMILES string of the molecule is COc1ccc(C(=O)Nc2cc(-c3ccnc(Nc4ccccc4)c3)ccn2)cc1. The molecule has 148 valence electrons.